The third-order valence-electron chi connectivity index (χ3n) is 3.44. The summed E-state index contributed by atoms with van der Waals surface area (Å²) in [6, 6.07) is -0.103. The number of rotatable bonds is 3. The van der Waals surface area contributed by atoms with E-state index in [1.54, 1.807) is 4.68 Å². The zero-order chi connectivity index (χ0) is 14.4. The maximum absolute atomic E-state index is 11.0. The molecule has 0 radical (unpaired) electrons. The largest absolute Gasteiger partial charge is 0.476 e. The van der Waals surface area contributed by atoms with Crippen molar-refractivity contribution >= 4 is 12.3 Å². The fourth-order valence-electron chi connectivity index (χ4n) is 2.76. The molecule has 2 heterocycles. The Hall–Kier alpha value is -1.69. The van der Waals surface area contributed by atoms with Crippen molar-refractivity contribution in [2.24, 2.45) is 0 Å². The normalized spacial score (nSPS) is 24.3. The van der Waals surface area contributed by atoms with Crippen LogP contribution in [0.15, 0.2) is 6.20 Å². The van der Waals surface area contributed by atoms with Crippen LogP contribution in [-0.2, 0) is 4.74 Å². The average Bonchev–Trinajstić information content (AvgIpc) is 2.75. The number of hydrogen-bond acceptors (Lipinski definition) is 4. The number of aromatic carboxylic acids is 1. The van der Waals surface area contributed by atoms with Crippen molar-refractivity contribution in [1.29, 1.82) is 0 Å². The second-order valence-electron chi connectivity index (χ2n) is 6.02. The summed E-state index contributed by atoms with van der Waals surface area (Å²) >= 11 is 0. The summed E-state index contributed by atoms with van der Waals surface area (Å²) in [5, 5.41) is 13.0. The van der Waals surface area contributed by atoms with Crippen molar-refractivity contribution < 1.29 is 19.4 Å². The molecular formula is C13H18N2O4. The predicted octanol–water partition coefficient (Wildman–Crippen LogP) is 1.91. The Labute approximate surface area is 111 Å². The molecule has 1 atom stereocenters. The highest BCUT2D eigenvalue weighted by Crippen LogP contribution is 2.44. The number of carbonyl (C=O) groups excluding carboxylic acids is 1. The number of ether oxygens (including phenoxy) is 1. The van der Waals surface area contributed by atoms with E-state index in [2.05, 4.69) is 5.10 Å². The first kappa shape index (κ1) is 13.7. The lowest BCUT2D eigenvalue weighted by Crippen LogP contribution is -2.31. The molecule has 2 rings (SSSR count). The van der Waals surface area contributed by atoms with E-state index in [4.69, 9.17) is 9.84 Å². The lowest BCUT2D eigenvalue weighted by molar-refractivity contribution is -0.0737. The highest BCUT2D eigenvalue weighted by molar-refractivity contribution is 5.95. The van der Waals surface area contributed by atoms with Gasteiger partial charge in [-0.2, -0.15) is 5.10 Å². The van der Waals surface area contributed by atoms with E-state index in [1.807, 2.05) is 27.7 Å². The number of carbonyl (C=O) groups is 2. The van der Waals surface area contributed by atoms with Crippen molar-refractivity contribution in [3.8, 4) is 0 Å². The quantitative estimate of drug-likeness (QED) is 0.845. The highest BCUT2D eigenvalue weighted by Gasteiger charge is 2.47. The number of carboxylic acid groups (broad SMARTS) is 1. The zero-order valence-electron chi connectivity index (χ0n) is 11.5. The predicted molar refractivity (Wildman–Crippen MR) is 67.5 cm³/mol. The number of hydrogen-bond donors (Lipinski definition) is 1. The molecule has 1 aromatic rings. The molecular weight excluding hydrogens is 248 g/mol. The van der Waals surface area contributed by atoms with Crippen molar-refractivity contribution in [2.45, 2.75) is 51.4 Å². The fourth-order valence-corrected chi connectivity index (χ4v) is 2.76. The van der Waals surface area contributed by atoms with Crippen LogP contribution in [0.2, 0.25) is 0 Å². The topological polar surface area (TPSA) is 81.4 Å². The van der Waals surface area contributed by atoms with Gasteiger partial charge in [-0.05, 0) is 27.7 Å². The Kier molecular flexibility index (Phi) is 3.01. The molecule has 1 aliphatic heterocycles. The molecule has 0 amide bonds. The van der Waals surface area contributed by atoms with E-state index in [0.717, 1.165) is 0 Å². The second-order valence-corrected chi connectivity index (χ2v) is 6.02. The summed E-state index contributed by atoms with van der Waals surface area (Å²) in [6.45, 7) is 7.85. The van der Waals surface area contributed by atoms with Crippen molar-refractivity contribution in [1.82, 2.24) is 9.78 Å². The molecule has 1 aromatic heterocycles. The summed E-state index contributed by atoms with van der Waals surface area (Å²) in [7, 11) is 0. The molecule has 1 aliphatic rings. The van der Waals surface area contributed by atoms with Gasteiger partial charge in [0.25, 0.3) is 0 Å². The molecule has 104 valence electrons. The van der Waals surface area contributed by atoms with Gasteiger partial charge < -0.3 is 9.84 Å². The Morgan fingerprint density at radius 1 is 1.53 bits per heavy atom. The molecule has 6 heteroatoms. The Bertz CT molecular complexity index is 531. The van der Waals surface area contributed by atoms with E-state index >= 15 is 0 Å². The lowest BCUT2D eigenvalue weighted by atomic mass is 9.95. The summed E-state index contributed by atoms with van der Waals surface area (Å²) in [5.41, 5.74) is -0.889. The molecule has 0 bridgehead atoms. The smallest absolute Gasteiger partial charge is 0.357 e. The molecule has 0 saturated carbocycles. The van der Waals surface area contributed by atoms with Crippen LogP contribution < -0.4 is 0 Å². The van der Waals surface area contributed by atoms with E-state index in [-0.39, 0.29) is 22.9 Å². The Balaban J connectivity index is 2.43. The van der Waals surface area contributed by atoms with Gasteiger partial charge in [0.2, 0.25) is 0 Å². The molecule has 0 spiro atoms. The van der Waals surface area contributed by atoms with Crippen LogP contribution >= 0.6 is 0 Å². The molecule has 1 N–H and O–H groups in total. The van der Waals surface area contributed by atoms with E-state index in [9.17, 15) is 9.59 Å². The summed E-state index contributed by atoms with van der Waals surface area (Å²) in [6.07, 6.45) is 2.70. The van der Waals surface area contributed by atoms with Gasteiger partial charge in [-0.15, -0.1) is 0 Å². The molecule has 6 nitrogen and oxygen atoms in total. The van der Waals surface area contributed by atoms with Gasteiger partial charge >= 0.3 is 5.97 Å². The number of nitrogens with zero attached hydrogens (tertiary/aromatic N) is 2. The van der Waals surface area contributed by atoms with Gasteiger partial charge in [-0.3, -0.25) is 9.48 Å². The Morgan fingerprint density at radius 3 is 2.53 bits per heavy atom. The van der Waals surface area contributed by atoms with E-state index in [1.165, 1.54) is 6.20 Å². The Morgan fingerprint density at radius 2 is 2.16 bits per heavy atom. The number of aromatic nitrogens is 2. The lowest BCUT2D eigenvalue weighted by Gasteiger charge is -2.27. The highest BCUT2D eigenvalue weighted by atomic mass is 16.5. The number of carboxylic acids is 1. The van der Waals surface area contributed by atoms with Crippen molar-refractivity contribution in [2.75, 3.05) is 0 Å². The third kappa shape index (κ3) is 2.40. The summed E-state index contributed by atoms with van der Waals surface area (Å²) < 4.78 is 7.49. The minimum Gasteiger partial charge on any atom is -0.476 e. The standard InChI is InChI=1S/C13H18N2O4/c1-12(2)5-9(13(3,4)19-12)15-6-8(7-16)10(14-15)11(17)18/h6-7,9H,5H2,1-4H3,(H,17,18). The number of aldehydes is 1. The van der Waals surface area contributed by atoms with Crippen LogP contribution in [0.25, 0.3) is 0 Å². The van der Waals surface area contributed by atoms with Gasteiger partial charge in [0.05, 0.1) is 22.8 Å². The SMILES string of the molecule is CC1(C)CC(n2cc(C=O)c(C(=O)O)n2)C(C)(C)O1. The maximum Gasteiger partial charge on any atom is 0.357 e. The van der Waals surface area contributed by atoms with Gasteiger partial charge in [0, 0.05) is 12.6 Å². The second kappa shape index (κ2) is 4.16. The minimum absolute atomic E-state index is 0.0907. The third-order valence-corrected chi connectivity index (χ3v) is 3.44. The van der Waals surface area contributed by atoms with Crippen molar-refractivity contribution in [3.05, 3.63) is 17.5 Å². The van der Waals surface area contributed by atoms with Gasteiger partial charge in [0.15, 0.2) is 12.0 Å². The first-order valence-electron chi connectivity index (χ1n) is 6.14. The van der Waals surface area contributed by atoms with Gasteiger partial charge in [0.1, 0.15) is 0 Å². The first-order chi connectivity index (χ1) is 8.66. The zero-order valence-corrected chi connectivity index (χ0v) is 11.5. The van der Waals surface area contributed by atoms with Gasteiger partial charge in [-0.25, -0.2) is 4.79 Å². The molecule has 0 aromatic carbocycles. The maximum atomic E-state index is 11.0. The molecule has 1 unspecified atom stereocenters. The van der Waals surface area contributed by atoms with Gasteiger partial charge in [-0.1, -0.05) is 0 Å². The fraction of sp³-hybridized carbons (Fsp3) is 0.615. The molecule has 1 saturated heterocycles. The summed E-state index contributed by atoms with van der Waals surface area (Å²) in [4.78, 5) is 21.9. The summed E-state index contributed by atoms with van der Waals surface area (Å²) in [5.74, 6) is -1.20. The molecule has 0 aliphatic carbocycles. The molecule has 19 heavy (non-hydrogen) atoms. The van der Waals surface area contributed by atoms with Crippen LogP contribution in [0.3, 0.4) is 0 Å². The minimum atomic E-state index is -1.20. The van der Waals surface area contributed by atoms with Crippen molar-refractivity contribution in [3.63, 3.8) is 0 Å². The van der Waals surface area contributed by atoms with Crippen LogP contribution in [0.5, 0.6) is 0 Å². The van der Waals surface area contributed by atoms with Crippen LogP contribution in [0.4, 0.5) is 0 Å². The van der Waals surface area contributed by atoms with Crippen LogP contribution in [0.1, 0.15) is 61.0 Å². The van der Waals surface area contributed by atoms with E-state index in [0.29, 0.717) is 12.7 Å². The van der Waals surface area contributed by atoms with Crippen LogP contribution in [-0.4, -0.2) is 38.3 Å². The first-order valence-corrected chi connectivity index (χ1v) is 6.14. The van der Waals surface area contributed by atoms with E-state index < -0.39 is 11.6 Å². The average molecular weight is 266 g/mol. The monoisotopic (exact) mass is 266 g/mol. The molecule has 1 fully saturated rings. The van der Waals surface area contributed by atoms with Crippen LogP contribution in [0, 0.1) is 0 Å².